The minimum atomic E-state index is -0.630. The predicted molar refractivity (Wildman–Crippen MR) is 103 cm³/mol. The summed E-state index contributed by atoms with van der Waals surface area (Å²) in [4.78, 5) is 24.0. The molecule has 26 heavy (non-hydrogen) atoms. The number of hydrogen-bond donors (Lipinski definition) is 3. The van der Waals surface area contributed by atoms with Gasteiger partial charge < -0.3 is 10.6 Å². The molecule has 2 aromatic carbocycles. The Morgan fingerprint density at radius 2 is 1.85 bits per heavy atom. The molecule has 3 N–H and O–H groups in total. The summed E-state index contributed by atoms with van der Waals surface area (Å²) < 4.78 is 13.6. The van der Waals surface area contributed by atoms with E-state index in [4.69, 9.17) is 12.2 Å². The highest BCUT2D eigenvalue weighted by Crippen LogP contribution is 2.31. The van der Waals surface area contributed by atoms with Gasteiger partial charge in [-0.1, -0.05) is 18.2 Å². The fraction of sp³-hybridized carbons (Fsp3) is 0.211. The molecule has 0 aliphatic heterocycles. The smallest absolute Gasteiger partial charge is 0.260 e. The number of benzene rings is 2. The third kappa shape index (κ3) is 4.43. The second-order valence-corrected chi connectivity index (χ2v) is 6.59. The Morgan fingerprint density at radius 3 is 2.54 bits per heavy atom. The van der Waals surface area contributed by atoms with E-state index in [0.29, 0.717) is 11.4 Å². The first-order valence-electron chi connectivity index (χ1n) is 8.22. The first kappa shape index (κ1) is 18.0. The zero-order valence-corrected chi connectivity index (χ0v) is 15.0. The van der Waals surface area contributed by atoms with E-state index >= 15 is 0 Å². The number of aryl methyl sites for hydroxylation is 1. The minimum absolute atomic E-state index is 0.0145. The maximum absolute atomic E-state index is 13.6. The molecular formula is C19H18FN3O2S. The highest BCUT2D eigenvalue weighted by atomic mass is 32.1. The van der Waals surface area contributed by atoms with Crippen LogP contribution in [-0.4, -0.2) is 16.9 Å². The summed E-state index contributed by atoms with van der Waals surface area (Å²) in [5.41, 5.74) is 2.14. The quantitative estimate of drug-likeness (QED) is 0.718. The lowest BCUT2D eigenvalue weighted by molar-refractivity contribution is -0.117. The molecule has 0 spiro atoms. The third-order valence-electron chi connectivity index (χ3n) is 4.05. The van der Waals surface area contributed by atoms with E-state index in [1.165, 1.54) is 18.2 Å². The molecule has 0 bridgehead atoms. The molecule has 7 heteroatoms. The number of amides is 2. The molecule has 1 saturated carbocycles. The van der Waals surface area contributed by atoms with Crippen LogP contribution in [-0.2, 0) is 4.79 Å². The first-order valence-corrected chi connectivity index (χ1v) is 8.63. The van der Waals surface area contributed by atoms with Crippen molar-refractivity contribution in [3.05, 3.63) is 59.4 Å². The summed E-state index contributed by atoms with van der Waals surface area (Å²) in [5.74, 6) is -1.13. The Kier molecular flexibility index (Phi) is 5.27. The van der Waals surface area contributed by atoms with Crippen LogP contribution < -0.4 is 16.0 Å². The molecule has 2 aromatic rings. The number of carbonyl (C=O) groups is 2. The number of rotatable bonds is 4. The van der Waals surface area contributed by atoms with Gasteiger partial charge in [0.05, 0.1) is 5.56 Å². The lowest BCUT2D eigenvalue weighted by atomic mass is 10.1. The molecule has 0 heterocycles. The Bertz CT molecular complexity index is 881. The van der Waals surface area contributed by atoms with Gasteiger partial charge in [0.2, 0.25) is 5.91 Å². The zero-order chi connectivity index (χ0) is 18.7. The van der Waals surface area contributed by atoms with Gasteiger partial charge in [0.1, 0.15) is 5.82 Å². The lowest BCUT2D eigenvalue weighted by Crippen LogP contribution is -2.34. The monoisotopic (exact) mass is 371 g/mol. The number of nitrogens with one attached hydrogen (secondary N) is 3. The molecule has 2 amide bonds. The average molecular weight is 371 g/mol. The van der Waals surface area contributed by atoms with E-state index in [1.807, 2.05) is 13.0 Å². The van der Waals surface area contributed by atoms with Crippen LogP contribution in [0, 0.1) is 18.7 Å². The molecule has 1 aliphatic rings. The van der Waals surface area contributed by atoms with Crippen LogP contribution in [0.15, 0.2) is 42.5 Å². The second-order valence-electron chi connectivity index (χ2n) is 6.18. The van der Waals surface area contributed by atoms with Crippen molar-refractivity contribution in [2.75, 3.05) is 10.6 Å². The number of anilines is 2. The van der Waals surface area contributed by atoms with Crippen molar-refractivity contribution < 1.29 is 14.0 Å². The number of hydrogen-bond acceptors (Lipinski definition) is 3. The Balaban J connectivity index is 1.64. The summed E-state index contributed by atoms with van der Waals surface area (Å²) in [5, 5.41) is 8.26. The van der Waals surface area contributed by atoms with Crippen molar-refractivity contribution in [2.24, 2.45) is 5.92 Å². The average Bonchev–Trinajstić information content (AvgIpc) is 3.43. The first-order chi connectivity index (χ1) is 12.4. The summed E-state index contributed by atoms with van der Waals surface area (Å²) in [7, 11) is 0. The van der Waals surface area contributed by atoms with E-state index in [9.17, 15) is 14.0 Å². The molecule has 134 valence electrons. The number of halogens is 1. The summed E-state index contributed by atoms with van der Waals surface area (Å²) >= 11 is 5.12. The van der Waals surface area contributed by atoms with Gasteiger partial charge in [0, 0.05) is 17.3 Å². The summed E-state index contributed by atoms with van der Waals surface area (Å²) in [6.45, 7) is 1.89. The number of carbonyl (C=O) groups excluding carboxylic acids is 2. The van der Waals surface area contributed by atoms with E-state index < -0.39 is 11.7 Å². The highest BCUT2D eigenvalue weighted by Gasteiger charge is 2.29. The molecule has 0 aromatic heterocycles. The van der Waals surface area contributed by atoms with Gasteiger partial charge in [-0.25, -0.2) is 4.39 Å². The van der Waals surface area contributed by atoms with Crippen molar-refractivity contribution in [1.29, 1.82) is 0 Å². The van der Waals surface area contributed by atoms with Crippen molar-refractivity contribution in [3.63, 3.8) is 0 Å². The Morgan fingerprint density at radius 1 is 1.12 bits per heavy atom. The van der Waals surface area contributed by atoms with Crippen LogP contribution in [0.1, 0.15) is 28.8 Å². The molecular weight excluding hydrogens is 353 g/mol. The van der Waals surface area contributed by atoms with Crippen molar-refractivity contribution >= 4 is 40.5 Å². The molecule has 1 fully saturated rings. The molecule has 5 nitrogen and oxygen atoms in total. The van der Waals surface area contributed by atoms with Crippen LogP contribution >= 0.6 is 12.2 Å². The van der Waals surface area contributed by atoms with Gasteiger partial charge in [0.25, 0.3) is 5.91 Å². The molecule has 1 aliphatic carbocycles. The van der Waals surface area contributed by atoms with Gasteiger partial charge in [-0.2, -0.15) is 0 Å². The molecule has 0 radical (unpaired) electrons. The Hall–Kier alpha value is -2.80. The van der Waals surface area contributed by atoms with E-state index in [2.05, 4.69) is 16.0 Å². The van der Waals surface area contributed by atoms with Gasteiger partial charge in [-0.3, -0.25) is 14.9 Å². The minimum Gasteiger partial charge on any atom is -0.332 e. The van der Waals surface area contributed by atoms with Gasteiger partial charge >= 0.3 is 0 Å². The molecule has 0 atom stereocenters. The van der Waals surface area contributed by atoms with E-state index in [0.717, 1.165) is 18.4 Å². The second kappa shape index (κ2) is 7.61. The van der Waals surface area contributed by atoms with Gasteiger partial charge in [-0.05, 0) is 61.8 Å². The molecule has 0 saturated heterocycles. The van der Waals surface area contributed by atoms with Gasteiger partial charge in [-0.15, -0.1) is 0 Å². The van der Waals surface area contributed by atoms with Crippen LogP contribution in [0.5, 0.6) is 0 Å². The summed E-state index contributed by atoms with van der Waals surface area (Å²) in [6.07, 6.45) is 1.85. The summed E-state index contributed by atoms with van der Waals surface area (Å²) in [6, 6.07) is 11.0. The van der Waals surface area contributed by atoms with E-state index in [-0.39, 0.29) is 22.5 Å². The third-order valence-corrected chi connectivity index (χ3v) is 4.25. The zero-order valence-electron chi connectivity index (χ0n) is 14.1. The van der Waals surface area contributed by atoms with Gasteiger partial charge in [0.15, 0.2) is 5.11 Å². The van der Waals surface area contributed by atoms with Crippen molar-refractivity contribution in [2.45, 2.75) is 19.8 Å². The molecule has 3 rings (SSSR count). The lowest BCUT2D eigenvalue weighted by Gasteiger charge is -2.13. The number of thiocarbonyl (C=S) groups is 1. The van der Waals surface area contributed by atoms with Crippen molar-refractivity contribution in [1.82, 2.24) is 5.32 Å². The normalized spacial score (nSPS) is 13.0. The largest absolute Gasteiger partial charge is 0.332 e. The fourth-order valence-corrected chi connectivity index (χ4v) is 2.60. The Labute approximate surface area is 156 Å². The maximum atomic E-state index is 13.6. The van der Waals surface area contributed by atoms with Crippen LogP contribution in [0.4, 0.5) is 15.8 Å². The van der Waals surface area contributed by atoms with Crippen molar-refractivity contribution in [3.8, 4) is 0 Å². The standard InChI is InChI=1S/C19H18FN3O2S/c1-11-6-9-13(10-16(11)22-17(24)12-7-8-12)21-19(26)23-18(25)14-4-2-3-5-15(14)20/h2-6,9-10,12H,7-8H2,1H3,(H,22,24)(H2,21,23,25,26). The maximum Gasteiger partial charge on any atom is 0.260 e. The van der Waals surface area contributed by atoms with Crippen LogP contribution in [0.2, 0.25) is 0 Å². The van der Waals surface area contributed by atoms with Crippen LogP contribution in [0.25, 0.3) is 0 Å². The predicted octanol–water partition coefficient (Wildman–Crippen LogP) is 3.61. The SMILES string of the molecule is Cc1ccc(NC(=S)NC(=O)c2ccccc2F)cc1NC(=O)C1CC1. The topological polar surface area (TPSA) is 70.2 Å². The highest BCUT2D eigenvalue weighted by molar-refractivity contribution is 7.80. The van der Waals surface area contributed by atoms with Crippen LogP contribution in [0.3, 0.4) is 0 Å². The van der Waals surface area contributed by atoms with E-state index in [1.54, 1.807) is 18.2 Å². The fourth-order valence-electron chi connectivity index (χ4n) is 2.39. The molecule has 0 unspecified atom stereocenters.